The topological polar surface area (TPSA) is 71.7 Å². The Kier molecular flexibility index (Phi) is 4.70. The molecule has 2 N–H and O–H groups in total. The minimum atomic E-state index is -0.623. The van der Waals surface area contributed by atoms with E-state index in [9.17, 15) is 9.50 Å². The maximum Gasteiger partial charge on any atom is 0.241 e. The molecule has 1 aliphatic rings. The third-order valence-electron chi connectivity index (χ3n) is 4.32. The molecule has 3 atom stereocenters. The highest BCUT2D eigenvalue weighted by Gasteiger charge is 2.26. The van der Waals surface area contributed by atoms with Crippen LogP contribution in [0.1, 0.15) is 38.3 Å². The van der Waals surface area contributed by atoms with Gasteiger partial charge in [-0.3, -0.25) is 0 Å². The SMILES string of the molecule is CCC(C)c1c(Cl)c(F)c2cnc(N[C@@H]3CCOC[C@H]3O)nn12. The van der Waals surface area contributed by atoms with Gasteiger partial charge in [0.2, 0.25) is 5.95 Å². The standard InChI is InChI=1S/C15H20ClFN4O2/c1-3-8(2)14-12(16)13(17)10-6-18-15(20-21(10)14)19-9-4-5-23-7-11(9)22/h6,8-9,11,22H,3-5,7H2,1-2H3,(H,19,20)/t8?,9-,11-/m1/s1. The first-order valence-corrected chi connectivity index (χ1v) is 8.15. The summed E-state index contributed by atoms with van der Waals surface area (Å²) in [6, 6.07) is -0.191. The van der Waals surface area contributed by atoms with Crippen LogP contribution in [-0.2, 0) is 4.74 Å². The summed E-state index contributed by atoms with van der Waals surface area (Å²) in [4.78, 5) is 4.14. The molecule has 0 saturated carbocycles. The van der Waals surface area contributed by atoms with Crippen molar-refractivity contribution >= 4 is 23.1 Å². The Balaban J connectivity index is 1.97. The number of nitrogens with zero attached hydrogens (tertiary/aromatic N) is 3. The average Bonchev–Trinajstić information content (AvgIpc) is 2.80. The maximum absolute atomic E-state index is 14.3. The highest BCUT2D eigenvalue weighted by Crippen LogP contribution is 2.33. The lowest BCUT2D eigenvalue weighted by Crippen LogP contribution is -2.42. The van der Waals surface area contributed by atoms with Gasteiger partial charge in [-0.05, 0) is 18.8 Å². The number of aliphatic hydroxyl groups excluding tert-OH is 1. The van der Waals surface area contributed by atoms with Gasteiger partial charge in [0.15, 0.2) is 5.82 Å². The number of ether oxygens (including phenoxy) is 1. The predicted octanol–water partition coefficient (Wildman–Crippen LogP) is 2.60. The van der Waals surface area contributed by atoms with E-state index >= 15 is 0 Å². The quantitative estimate of drug-likeness (QED) is 0.893. The second-order valence-electron chi connectivity index (χ2n) is 5.88. The van der Waals surface area contributed by atoms with Crippen molar-refractivity contribution in [1.29, 1.82) is 0 Å². The van der Waals surface area contributed by atoms with Gasteiger partial charge in [0.1, 0.15) is 10.5 Å². The van der Waals surface area contributed by atoms with E-state index < -0.39 is 11.9 Å². The van der Waals surface area contributed by atoms with Crippen LogP contribution in [0.2, 0.25) is 5.02 Å². The van der Waals surface area contributed by atoms with Crippen molar-refractivity contribution in [3.63, 3.8) is 0 Å². The number of fused-ring (bicyclic) bond motifs is 1. The molecule has 23 heavy (non-hydrogen) atoms. The van der Waals surface area contributed by atoms with E-state index in [1.165, 1.54) is 10.7 Å². The Morgan fingerprint density at radius 1 is 1.61 bits per heavy atom. The summed E-state index contributed by atoms with van der Waals surface area (Å²) in [7, 11) is 0. The van der Waals surface area contributed by atoms with Crippen LogP contribution in [0.15, 0.2) is 6.20 Å². The molecular weight excluding hydrogens is 323 g/mol. The van der Waals surface area contributed by atoms with Gasteiger partial charge in [-0.25, -0.2) is 13.9 Å². The summed E-state index contributed by atoms with van der Waals surface area (Å²) >= 11 is 6.14. The van der Waals surface area contributed by atoms with Crippen molar-refractivity contribution < 1.29 is 14.2 Å². The van der Waals surface area contributed by atoms with Crippen molar-refractivity contribution in [2.24, 2.45) is 0 Å². The van der Waals surface area contributed by atoms with E-state index in [4.69, 9.17) is 16.3 Å². The summed E-state index contributed by atoms with van der Waals surface area (Å²) in [5.74, 6) is -0.102. The Morgan fingerprint density at radius 3 is 3.09 bits per heavy atom. The summed E-state index contributed by atoms with van der Waals surface area (Å²) in [5.41, 5.74) is 0.892. The third kappa shape index (κ3) is 3.00. The lowest BCUT2D eigenvalue weighted by molar-refractivity contribution is -0.0136. The zero-order valence-corrected chi connectivity index (χ0v) is 13.8. The molecule has 8 heteroatoms. The molecule has 3 rings (SSSR count). The molecule has 3 heterocycles. The van der Waals surface area contributed by atoms with E-state index in [0.717, 1.165) is 6.42 Å². The molecule has 0 spiro atoms. The summed E-state index contributed by atoms with van der Waals surface area (Å²) in [5, 5.41) is 17.5. The molecular formula is C15H20ClFN4O2. The normalized spacial score (nSPS) is 23.2. The molecule has 0 aliphatic carbocycles. The van der Waals surface area contributed by atoms with Gasteiger partial charge in [-0.15, -0.1) is 5.10 Å². The Hall–Kier alpha value is -1.44. The van der Waals surface area contributed by atoms with E-state index in [1.807, 2.05) is 13.8 Å². The molecule has 0 bridgehead atoms. The lowest BCUT2D eigenvalue weighted by Gasteiger charge is -2.28. The maximum atomic E-state index is 14.3. The molecule has 2 aromatic rings. The van der Waals surface area contributed by atoms with Gasteiger partial charge < -0.3 is 15.2 Å². The molecule has 1 unspecified atom stereocenters. The summed E-state index contributed by atoms with van der Waals surface area (Å²) in [6.45, 7) is 4.84. The van der Waals surface area contributed by atoms with E-state index in [2.05, 4.69) is 15.4 Å². The molecule has 1 saturated heterocycles. The van der Waals surface area contributed by atoms with Crippen molar-refractivity contribution in [1.82, 2.24) is 14.6 Å². The monoisotopic (exact) mass is 342 g/mol. The molecule has 0 radical (unpaired) electrons. The molecule has 6 nitrogen and oxygen atoms in total. The van der Waals surface area contributed by atoms with Gasteiger partial charge >= 0.3 is 0 Å². The summed E-state index contributed by atoms with van der Waals surface area (Å²) in [6.07, 6.45) is 2.26. The highest BCUT2D eigenvalue weighted by molar-refractivity contribution is 6.32. The van der Waals surface area contributed by atoms with Crippen molar-refractivity contribution in [2.45, 2.75) is 44.8 Å². The van der Waals surface area contributed by atoms with Crippen LogP contribution in [-0.4, -0.2) is 45.1 Å². The number of halogens is 2. The number of rotatable bonds is 4. The van der Waals surface area contributed by atoms with Gasteiger partial charge in [-0.1, -0.05) is 25.4 Å². The number of hydrogen-bond acceptors (Lipinski definition) is 5. The highest BCUT2D eigenvalue weighted by atomic mass is 35.5. The molecule has 0 aromatic carbocycles. The zero-order valence-electron chi connectivity index (χ0n) is 13.1. The Morgan fingerprint density at radius 2 is 2.39 bits per heavy atom. The van der Waals surface area contributed by atoms with Crippen molar-refractivity contribution in [2.75, 3.05) is 18.5 Å². The van der Waals surface area contributed by atoms with Crippen LogP contribution in [0.3, 0.4) is 0 Å². The van der Waals surface area contributed by atoms with Crippen LogP contribution in [0.25, 0.3) is 5.52 Å². The average molecular weight is 343 g/mol. The van der Waals surface area contributed by atoms with Crippen LogP contribution in [0.4, 0.5) is 10.3 Å². The van der Waals surface area contributed by atoms with Crippen molar-refractivity contribution in [3.8, 4) is 0 Å². The van der Waals surface area contributed by atoms with E-state index in [1.54, 1.807) is 0 Å². The first-order chi connectivity index (χ1) is 11.0. The fourth-order valence-electron chi connectivity index (χ4n) is 2.74. The fourth-order valence-corrected chi connectivity index (χ4v) is 3.11. The zero-order chi connectivity index (χ0) is 16.6. The first kappa shape index (κ1) is 16.4. The number of aliphatic hydroxyl groups is 1. The molecule has 2 aromatic heterocycles. The lowest BCUT2D eigenvalue weighted by atomic mass is 10.1. The van der Waals surface area contributed by atoms with Crippen LogP contribution < -0.4 is 5.32 Å². The van der Waals surface area contributed by atoms with Crippen LogP contribution >= 0.6 is 11.6 Å². The van der Waals surface area contributed by atoms with Gasteiger partial charge in [-0.2, -0.15) is 0 Å². The number of nitrogens with one attached hydrogen (secondary N) is 1. The fraction of sp³-hybridized carbons (Fsp3) is 0.600. The minimum Gasteiger partial charge on any atom is -0.389 e. The van der Waals surface area contributed by atoms with Crippen LogP contribution in [0.5, 0.6) is 0 Å². The molecule has 0 amide bonds. The van der Waals surface area contributed by atoms with Crippen LogP contribution in [0, 0.1) is 5.82 Å². The molecule has 1 fully saturated rings. The first-order valence-electron chi connectivity index (χ1n) is 7.77. The van der Waals surface area contributed by atoms with Crippen molar-refractivity contribution in [3.05, 3.63) is 22.7 Å². The van der Waals surface area contributed by atoms with Gasteiger partial charge in [0.05, 0.1) is 30.6 Å². The molecule has 1 aliphatic heterocycles. The number of anilines is 1. The third-order valence-corrected chi connectivity index (χ3v) is 4.68. The predicted molar refractivity (Wildman–Crippen MR) is 85.5 cm³/mol. The largest absolute Gasteiger partial charge is 0.389 e. The number of aromatic nitrogens is 3. The second-order valence-corrected chi connectivity index (χ2v) is 6.26. The Labute approximate surface area is 138 Å². The molecule has 126 valence electrons. The Bertz CT molecular complexity index is 708. The van der Waals surface area contributed by atoms with Gasteiger partial charge in [0, 0.05) is 6.61 Å². The summed E-state index contributed by atoms with van der Waals surface area (Å²) < 4.78 is 21.0. The minimum absolute atomic E-state index is 0.0657. The van der Waals surface area contributed by atoms with E-state index in [0.29, 0.717) is 24.7 Å². The van der Waals surface area contributed by atoms with E-state index in [-0.39, 0.29) is 29.1 Å². The van der Waals surface area contributed by atoms with Gasteiger partial charge in [0.25, 0.3) is 0 Å². The second kappa shape index (κ2) is 6.59. The number of hydrogen-bond donors (Lipinski definition) is 2. The smallest absolute Gasteiger partial charge is 0.241 e.